The van der Waals surface area contributed by atoms with Gasteiger partial charge in [-0.3, -0.25) is 51.0 Å². The van der Waals surface area contributed by atoms with Gasteiger partial charge in [0, 0.05) is 160 Å². The molecule has 8 amide bonds. The Hall–Kier alpha value is -15.9. The Balaban J connectivity index is 0.000000138. The maximum Gasteiger partial charge on any atom is 0.321 e. The number of carbonyl (C=O) groups is 5. The summed E-state index contributed by atoms with van der Waals surface area (Å²) in [6.45, 7) is 14.4. The van der Waals surface area contributed by atoms with Gasteiger partial charge in [-0.25, -0.2) is 54.1 Å². The third-order valence-electron chi connectivity index (χ3n) is 17.8. The summed E-state index contributed by atoms with van der Waals surface area (Å²) in [5.74, 6) is 2.36. The smallest absolute Gasteiger partial charge is 0.321 e. The van der Waals surface area contributed by atoms with Crippen LogP contribution in [-0.4, -0.2) is 170 Å². The summed E-state index contributed by atoms with van der Waals surface area (Å²) in [7, 11) is 3.55. The van der Waals surface area contributed by atoms with Gasteiger partial charge in [0.15, 0.2) is 11.5 Å². The van der Waals surface area contributed by atoms with Crippen molar-refractivity contribution >= 4 is 97.8 Å². The molecule has 12 heterocycles. The number of ether oxygens (including phenoxy) is 2. The number of hydrogen-bond donors (Lipinski definition) is 12. The second kappa shape index (κ2) is 38.3. The number of pyridine rings is 5. The Morgan fingerprint density at radius 1 is 0.454 bits per heavy atom. The van der Waals surface area contributed by atoms with Gasteiger partial charge in [0.05, 0.1) is 63.3 Å². The molecular formula is C84H84N28O7. The van der Waals surface area contributed by atoms with Gasteiger partial charge in [0.25, 0.3) is 0 Å². The van der Waals surface area contributed by atoms with Crippen molar-refractivity contribution in [3.05, 3.63) is 214 Å². The normalized spacial score (nSPS) is 10.9. The molecule has 16 aromatic rings. The van der Waals surface area contributed by atoms with Crippen molar-refractivity contribution < 1.29 is 33.4 Å². The molecule has 12 N–H and O–H groups in total. The number of nitrogens with one attached hydrogen (secondary N) is 12. The lowest BCUT2D eigenvalue weighted by Crippen LogP contribution is -2.28. The number of rotatable bonds is 23. The quantitative estimate of drug-likeness (QED) is 0.0209. The first-order valence-electron chi connectivity index (χ1n) is 38.0. The number of aromatic amines is 4. The van der Waals surface area contributed by atoms with Crippen LogP contribution in [0.15, 0.2) is 202 Å². The number of imidazole rings is 7. The fourth-order valence-electron chi connectivity index (χ4n) is 12.5. The average Bonchev–Trinajstić information content (AvgIpc) is 1.68. The zero-order chi connectivity index (χ0) is 83.3. The fourth-order valence-corrected chi connectivity index (χ4v) is 12.5. The van der Waals surface area contributed by atoms with Gasteiger partial charge < -0.3 is 64.4 Å². The van der Waals surface area contributed by atoms with E-state index in [4.69, 9.17) is 14.7 Å². The van der Waals surface area contributed by atoms with Gasteiger partial charge in [-0.15, -0.1) is 0 Å². The van der Waals surface area contributed by atoms with Gasteiger partial charge in [-0.2, -0.15) is 5.26 Å². The SMILES string of the molecule is CCNC(=O)Nc1nc2c(-c3cc(OCCOC)ccn3)cc(-c3cccnc3)cc2[nH]1.CCNC(=O)Nc1nc2c(-c3ccccn3)cc(-n3cnc(C#N)c3)cc2[nH]1.CCNC(=O)Nc1nc2c(-c3ccccn3)cc(-n3cnc(C(=O)CC(C)C)c3)cc2[nH]1.CCNC(=O)Nc1nc2c(-c3cn(C)cn3)cc(-c3cccnc3)cc2[nH]1. The number of H-pyrrole nitrogens is 4. The number of benzene rings is 4. The first-order chi connectivity index (χ1) is 57.9. The zero-order valence-electron chi connectivity index (χ0n) is 66.1. The minimum atomic E-state index is -0.339. The average molecular weight is 1600 g/mol. The summed E-state index contributed by atoms with van der Waals surface area (Å²) in [5.41, 5.74) is 18.3. The molecule has 0 saturated heterocycles. The number of amides is 8. The van der Waals surface area contributed by atoms with Crippen LogP contribution in [0, 0.1) is 17.2 Å². The molecule has 35 heteroatoms. The molecule has 0 spiro atoms. The van der Waals surface area contributed by atoms with E-state index >= 15 is 0 Å². The van der Waals surface area contributed by atoms with E-state index in [0.717, 1.165) is 101 Å². The molecule has 0 aliphatic heterocycles. The van der Waals surface area contributed by atoms with E-state index in [9.17, 15) is 24.0 Å². The van der Waals surface area contributed by atoms with Crippen molar-refractivity contribution in [1.82, 2.24) is 115 Å². The highest BCUT2D eigenvalue weighted by Crippen LogP contribution is 2.37. The number of Topliss-reactive ketones (excluding diaryl/α,β-unsaturated/α-hetero) is 1. The van der Waals surface area contributed by atoms with E-state index in [0.29, 0.717) is 109 Å². The van der Waals surface area contributed by atoms with Crippen LogP contribution in [-0.2, 0) is 11.8 Å². The number of nitriles is 1. The minimum Gasteiger partial charge on any atom is -0.491 e. The van der Waals surface area contributed by atoms with Gasteiger partial charge in [-0.05, 0) is 136 Å². The Morgan fingerprint density at radius 2 is 0.908 bits per heavy atom. The highest BCUT2D eigenvalue weighted by Gasteiger charge is 2.22. The summed E-state index contributed by atoms with van der Waals surface area (Å²) >= 11 is 0. The van der Waals surface area contributed by atoms with Crippen LogP contribution in [0.2, 0.25) is 0 Å². The van der Waals surface area contributed by atoms with Crippen LogP contribution in [0.4, 0.5) is 43.0 Å². The summed E-state index contributed by atoms with van der Waals surface area (Å²) in [6.07, 6.45) is 22.9. The molecule has 602 valence electrons. The molecular weight excluding hydrogens is 1510 g/mol. The van der Waals surface area contributed by atoms with Crippen molar-refractivity contribution in [3.63, 3.8) is 0 Å². The molecule has 4 aromatic carbocycles. The van der Waals surface area contributed by atoms with Crippen molar-refractivity contribution in [3.8, 4) is 90.5 Å². The second-order valence-electron chi connectivity index (χ2n) is 26.9. The number of anilines is 4. The highest BCUT2D eigenvalue weighted by atomic mass is 16.5. The predicted octanol–water partition coefficient (Wildman–Crippen LogP) is 14.0. The fraction of sp³-hybridized carbons (Fsp3) is 0.190. The number of hydrogen-bond acceptors (Lipinski definition) is 20. The van der Waals surface area contributed by atoms with Gasteiger partial charge in [-0.1, -0.05) is 38.1 Å². The molecule has 0 atom stereocenters. The Kier molecular flexibility index (Phi) is 26.1. The van der Waals surface area contributed by atoms with Crippen LogP contribution < -0.4 is 47.3 Å². The monoisotopic (exact) mass is 1600 g/mol. The van der Waals surface area contributed by atoms with Crippen molar-refractivity contribution in [2.45, 2.75) is 48.0 Å². The van der Waals surface area contributed by atoms with Crippen molar-refractivity contribution in [1.29, 1.82) is 5.26 Å². The van der Waals surface area contributed by atoms with Gasteiger partial charge in [0.2, 0.25) is 23.8 Å². The predicted molar refractivity (Wildman–Crippen MR) is 454 cm³/mol. The largest absolute Gasteiger partial charge is 0.491 e. The Morgan fingerprint density at radius 3 is 1.32 bits per heavy atom. The number of fused-ring (bicyclic) bond motifs is 4. The molecule has 0 radical (unpaired) electrons. The number of ketones is 1. The van der Waals surface area contributed by atoms with Crippen LogP contribution in [0.3, 0.4) is 0 Å². The molecule has 0 unspecified atom stereocenters. The van der Waals surface area contributed by atoms with E-state index in [1.165, 1.54) is 0 Å². The third-order valence-corrected chi connectivity index (χ3v) is 17.8. The maximum absolute atomic E-state index is 12.4. The van der Waals surface area contributed by atoms with Crippen LogP contribution >= 0.6 is 0 Å². The Labute approximate surface area is 680 Å². The molecule has 35 nitrogen and oxygen atoms in total. The highest BCUT2D eigenvalue weighted by molar-refractivity contribution is 6.02. The van der Waals surface area contributed by atoms with Gasteiger partial charge in [0.1, 0.15) is 53.3 Å². The number of carbonyl (C=O) groups excluding carboxylic acids is 5. The standard InChI is InChI=1S/C23H25N7O2.C23H24N6O3.C19H16N8O.C19H19N7O/c1-4-24-23(32)29-22-27-18-11-15(30-12-19(26-13-30)20(31)9-14(2)3)10-16(21(18)28-22)17-7-5-6-8-25-17;1-3-25-23(30)29-22-27-20-12-16(15-5-4-7-24-14-15)11-18(21(20)28-22)19-13-17(6-8-26-19)32-10-9-31-2;1-2-21-19(28)26-18-24-16-8-13(27-10-12(9-20)23-11-27)7-14(17(16)25-18)15-5-3-4-6-22-15;1-3-21-19(27)25-18-23-15-8-13(12-5-4-6-20-9-12)7-14(17(15)24-18)16-10-26(2)11-22-16/h5-8,10-14H,4,9H2,1-3H3,(H3,24,27,28,29,32);4-8,11-14H,3,9-10H2,1-2H3,(H3,25,27,28,29,30);3-8,10-11H,2H2,1H3,(H3,21,24,25,26,28);4-11H,3H2,1-2H3,(H3,21,23,24,25,27). The second-order valence-corrected chi connectivity index (χ2v) is 26.9. The molecule has 0 fully saturated rings. The summed E-state index contributed by atoms with van der Waals surface area (Å²) in [5, 5.41) is 30.6. The molecule has 0 saturated carbocycles. The molecule has 119 heavy (non-hydrogen) atoms. The molecule has 12 aromatic heterocycles. The van der Waals surface area contributed by atoms with E-state index in [1.807, 2.05) is 187 Å². The van der Waals surface area contributed by atoms with Crippen molar-refractivity contribution in [2.75, 3.05) is 67.8 Å². The number of urea groups is 4. The number of aryl methyl sites for hydroxylation is 1. The number of aromatic nitrogens is 19. The summed E-state index contributed by atoms with van der Waals surface area (Å²) in [6, 6.07) is 39.1. The first-order valence-corrected chi connectivity index (χ1v) is 38.0. The van der Waals surface area contributed by atoms with Crippen LogP contribution in [0.25, 0.3) is 123 Å². The van der Waals surface area contributed by atoms with Crippen LogP contribution in [0.5, 0.6) is 5.75 Å². The molecule has 0 aliphatic carbocycles. The van der Waals surface area contributed by atoms with E-state index in [1.54, 1.807) is 90.9 Å². The van der Waals surface area contributed by atoms with E-state index < -0.39 is 0 Å². The van der Waals surface area contributed by atoms with Crippen LogP contribution in [0.1, 0.15) is 64.1 Å². The molecule has 0 aliphatic rings. The lowest BCUT2D eigenvalue weighted by Gasteiger charge is -2.09. The molecule has 0 bridgehead atoms. The number of methoxy groups -OCH3 is 1. The van der Waals surface area contributed by atoms with E-state index in [2.05, 4.69) is 122 Å². The van der Waals surface area contributed by atoms with Crippen molar-refractivity contribution in [2.24, 2.45) is 13.0 Å². The summed E-state index contributed by atoms with van der Waals surface area (Å²) in [4.78, 5) is 126. The maximum atomic E-state index is 12.4. The minimum absolute atomic E-state index is 0.0136. The molecule has 16 rings (SSSR count). The topological polar surface area (TPSA) is 456 Å². The zero-order valence-corrected chi connectivity index (χ0v) is 66.1. The lowest BCUT2D eigenvalue weighted by molar-refractivity contribution is 0.0963. The number of nitrogens with zero attached hydrogens (tertiary/aromatic N) is 16. The first kappa shape index (κ1) is 81.2. The lowest BCUT2D eigenvalue weighted by atomic mass is 10.0. The van der Waals surface area contributed by atoms with E-state index in [-0.39, 0.29) is 35.8 Å². The van der Waals surface area contributed by atoms with Gasteiger partial charge >= 0.3 is 24.1 Å². The summed E-state index contributed by atoms with van der Waals surface area (Å²) < 4.78 is 16.2. The Bertz CT molecular complexity index is 6260. The third kappa shape index (κ3) is 20.4.